The highest BCUT2D eigenvalue weighted by molar-refractivity contribution is 4.73. The van der Waals surface area contributed by atoms with E-state index in [1.54, 1.807) is 6.92 Å². The molecule has 0 aromatic heterocycles. The third kappa shape index (κ3) is 7.08. The highest BCUT2D eigenvalue weighted by Crippen LogP contribution is 2.13. The third-order valence-corrected chi connectivity index (χ3v) is 1.58. The first-order valence-electron chi connectivity index (χ1n) is 4.42. The molecule has 0 rings (SSSR count). The van der Waals surface area contributed by atoms with E-state index in [9.17, 15) is 17.6 Å². The molecule has 0 aliphatic rings. The van der Waals surface area contributed by atoms with Crippen LogP contribution in [0.15, 0.2) is 0 Å². The molecular formula is C8H16F4N2. The Morgan fingerprint density at radius 2 is 1.93 bits per heavy atom. The molecule has 1 N–H and O–H groups in total. The van der Waals surface area contributed by atoms with Gasteiger partial charge < -0.3 is 5.32 Å². The molecule has 0 radical (unpaired) electrons. The number of nitrogens with one attached hydrogen (secondary N) is 1. The first-order valence-corrected chi connectivity index (χ1v) is 4.42. The maximum atomic E-state index is 13.0. The highest BCUT2D eigenvalue weighted by atomic mass is 19.3. The van der Waals surface area contributed by atoms with Crippen molar-refractivity contribution in [1.82, 2.24) is 10.2 Å². The molecule has 2 nitrogen and oxygen atoms in total. The molecule has 0 aromatic carbocycles. The standard InChI is InChI=1S/C8H16F4N2/c1-3-13-5-8(11,12)6-14(2)4-7(9)10/h7,13H,3-6H2,1-2H3. The van der Waals surface area contributed by atoms with Crippen LogP contribution in [-0.4, -0.2) is 50.5 Å². The SMILES string of the molecule is CCNCC(F)(F)CN(C)CC(F)F. The maximum absolute atomic E-state index is 13.0. The van der Waals surface area contributed by atoms with Crippen molar-refractivity contribution in [3.05, 3.63) is 0 Å². The maximum Gasteiger partial charge on any atom is 0.272 e. The molecule has 0 fully saturated rings. The van der Waals surface area contributed by atoms with Gasteiger partial charge in [-0.25, -0.2) is 17.6 Å². The molecule has 0 unspecified atom stereocenters. The average Bonchev–Trinajstić information content (AvgIpc) is 1.98. The van der Waals surface area contributed by atoms with E-state index in [1.165, 1.54) is 7.05 Å². The van der Waals surface area contributed by atoms with E-state index < -0.39 is 32.0 Å². The van der Waals surface area contributed by atoms with Gasteiger partial charge in [0.25, 0.3) is 12.3 Å². The number of hydrogen-bond donors (Lipinski definition) is 1. The summed E-state index contributed by atoms with van der Waals surface area (Å²) in [4.78, 5) is 0.933. The fraction of sp³-hybridized carbons (Fsp3) is 1.00. The van der Waals surface area contributed by atoms with E-state index in [2.05, 4.69) is 5.32 Å². The number of halogens is 4. The lowest BCUT2D eigenvalue weighted by atomic mass is 10.3. The number of hydrogen-bond acceptors (Lipinski definition) is 2. The minimum Gasteiger partial charge on any atom is -0.311 e. The van der Waals surface area contributed by atoms with Crippen molar-refractivity contribution in [2.45, 2.75) is 19.3 Å². The Balaban J connectivity index is 3.82. The van der Waals surface area contributed by atoms with Crippen molar-refractivity contribution < 1.29 is 17.6 Å². The number of rotatable bonds is 7. The molecule has 0 bridgehead atoms. The highest BCUT2D eigenvalue weighted by Gasteiger charge is 2.30. The van der Waals surface area contributed by atoms with Gasteiger partial charge in [0.05, 0.1) is 19.6 Å². The Hall–Kier alpha value is -0.360. The largest absolute Gasteiger partial charge is 0.311 e. The summed E-state index contributed by atoms with van der Waals surface area (Å²) in [5, 5.41) is 2.48. The minimum atomic E-state index is -2.96. The molecule has 86 valence electrons. The molecule has 0 saturated heterocycles. The molecule has 0 saturated carbocycles. The molecule has 0 aliphatic carbocycles. The molecule has 0 aliphatic heterocycles. The topological polar surface area (TPSA) is 15.3 Å². The summed E-state index contributed by atoms with van der Waals surface area (Å²) in [7, 11) is 1.26. The van der Waals surface area contributed by atoms with Crippen LogP contribution in [0.3, 0.4) is 0 Å². The van der Waals surface area contributed by atoms with Crippen molar-refractivity contribution in [2.24, 2.45) is 0 Å². The first kappa shape index (κ1) is 13.6. The monoisotopic (exact) mass is 216 g/mol. The van der Waals surface area contributed by atoms with Crippen LogP contribution in [0.1, 0.15) is 6.92 Å². The van der Waals surface area contributed by atoms with E-state index in [0.29, 0.717) is 6.54 Å². The smallest absolute Gasteiger partial charge is 0.272 e. The lowest BCUT2D eigenvalue weighted by Gasteiger charge is -2.23. The second kappa shape index (κ2) is 6.19. The zero-order chi connectivity index (χ0) is 11.2. The predicted molar refractivity (Wildman–Crippen MR) is 47.0 cm³/mol. The summed E-state index contributed by atoms with van der Waals surface area (Å²) >= 11 is 0. The third-order valence-electron chi connectivity index (χ3n) is 1.58. The second-order valence-electron chi connectivity index (χ2n) is 3.22. The van der Waals surface area contributed by atoms with Crippen LogP contribution in [0, 0.1) is 0 Å². The van der Waals surface area contributed by atoms with Crippen LogP contribution in [0.25, 0.3) is 0 Å². The van der Waals surface area contributed by atoms with Crippen LogP contribution < -0.4 is 5.32 Å². The zero-order valence-corrected chi connectivity index (χ0v) is 8.36. The summed E-state index contributed by atoms with van der Waals surface area (Å²) in [6, 6.07) is 0. The summed E-state index contributed by atoms with van der Waals surface area (Å²) in [5.41, 5.74) is 0. The average molecular weight is 216 g/mol. The fourth-order valence-electron chi connectivity index (χ4n) is 1.06. The lowest BCUT2D eigenvalue weighted by molar-refractivity contribution is -0.0344. The minimum absolute atomic E-state index is 0.439. The van der Waals surface area contributed by atoms with Gasteiger partial charge in [0.1, 0.15) is 0 Å². The van der Waals surface area contributed by atoms with Crippen molar-refractivity contribution in [3.8, 4) is 0 Å². The number of nitrogens with zero attached hydrogens (tertiary/aromatic N) is 1. The Morgan fingerprint density at radius 1 is 1.36 bits per heavy atom. The van der Waals surface area contributed by atoms with Crippen LogP contribution in [-0.2, 0) is 0 Å². The normalized spacial score (nSPS) is 12.9. The van der Waals surface area contributed by atoms with Crippen LogP contribution >= 0.6 is 0 Å². The molecular weight excluding hydrogens is 200 g/mol. The quantitative estimate of drug-likeness (QED) is 0.648. The fourth-order valence-corrected chi connectivity index (χ4v) is 1.06. The van der Waals surface area contributed by atoms with Crippen LogP contribution in [0.5, 0.6) is 0 Å². The van der Waals surface area contributed by atoms with Gasteiger partial charge in [0, 0.05) is 0 Å². The van der Waals surface area contributed by atoms with Gasteiger partial charge in [0.2, 0.25) is 0 Å². The van der Waals surface area contributed by atoms with E-state index in [4.69, 9.17) is 0 Å². The van der Waals surface area contributed by atoms with Gasteiger partial charge in [-0.1, -0.05) is 6.92 Å². The predicted octanol–water partition coefficient (Wildman–Crippen LogP) is 1.43. The van der Waals surface area contributed by atoms with Crippen molar-refractivity contribution in [1.29, 1.82) is 0 Å². The van der Waals surface area contributed by atoms with E-state index in [1.807, 2.05) is 0 Å². The van der Waals surface area contributed by atoms with Gasteiger partial charge in [-0.15, -0.1) is 0 Å². The van der Waals surface area contributed by atoms with E-state index in [0.717, 1.165) is 4.90 Å². The summed E-state index contributed by atoms with van der Waals surface area (Å²) in [6.07, 6.45) is -2.57. The Bertz CT molecular complexity index is 152. The Labute approximate surface area is 81.3 Å². The van der Waals surface area contributed by atoms with E-state index >= 15 is 0 Å². The summed E-state index contributed by atoms with van der Waals surface area (Å²) in [5.74, 6) is -2.96. The van der Waals surface area contributed by atoms with Crippen molar-refractivity contribution in [3.63, 3.8) is 0 Å². The molecule has 6 heteroatoms. The lowest BCUT2D eigenvalue weighted by Crippen LogP contribution is -2.43. The van der Waals surface area contributed by atoms with Crippen LogP contribution in [0.4, 0.5) is 17.6 Å². The van der Waals surface area contributed by atoms with Gasteiger partial charge >= 0.3 is 0 Å². The van der Waals surface area contributed by atoms with Crippen LogP contribution in [0.2, 0.25) is 0 Å². The van der Waals surface area contributed by atoms with Gasteiger partial charge in [0.15, 0.2) is 0 Å². The summed E-state index contributed by atoms with van der Waals surface area (Å²) < 4.78 is 49.5. The molecule has 0 aromatic rings. The second-order valence-corrected chi connectivity index (χ2v) is 3.22. The first-order chi connectivity index (χ1) is 6.37. The van der Waals surface area contributed by atoms with Gasteiger partial charge in [-0.2, -0.15) is 0 Å². The van der Waals surface area contributed by atoms with E-state index in [-0.39, 0.29) is 0 Å². The number of alkyl halides is 4. The van der Waals surface area contributed by atoms with Gasteiger partial charge in [-0.05, 0) is 13.6 Å². The molecule has 0 atom stereocenters. The Kier molecular flexibility index (Phi) is 6.03. The summed E-state index contributed by atoms with van der Waals surface area (Å²) in [6.45, 7) is 0.399. The molecule has 0 amide bonds. The Morgan fingerprint density at radius 3 is 2.36 bits per heavy atom. The molecule has 0 spiro atoms. The van der Waals surface area contributed by atoms with Crippen molar-refractivity contribution >= 4 is 0 Å². The van der Waals surface area contributed by atoms with Gasteiger partial charge in [-0.3, -0.25) is 4.90 Å². The van der Waals surface area contributed by atoms with Crippen molar-refractivity contribution in [2.75, 3.05) is 33.2 Å². The zero-order valence-electron chi connectivity index (χ0n) is 8.36. The molecule has 0 heterocycles. The molecule has 14 heavy (non-hydrogen) atoms.